The summed E-state index contributed by atoms with van der Waals surface area (Å²) in [5, 5.41) is 0. The van der Waals surface area contributed by atoms with Gasteiger partial charge in [-0.25, -0.2) is 0 Å². The number of carbonyl (C=O) groups excluding carboxylic acids is 1. The maximum atomic E-state index is 14.1. The lowest BCUT2D eigenvalue weighted by molar-refractivity contribution is -0.138. The summed E-state index contributed by atoms with van der Waals surface area (Å²) in [6.07, 6.45) is 14.2. The first-order chi connectivity index (χ1) is 21.6. The highest BCUT2D eigenvalue weighted by atomic mass is 19.4. The molecule has 5 rings (SSSR count). The Morgan fingerprint density at radius 1 is 1.04 bits per heavy atom. The van der Waals surface area contributed by atoms with Gasteiger partial charge in [0.1, 0.15) is 0 Å². The van der Waals surface area contributed by atoms with Crippen LogP contribution in [0.15, 0.2) is 77.3 Å². The predicted molar refractivity (Wildman–Crippen MR) is 176 cm³/mol. The van der Waals surface area contributed by atoms with Gasteiger partial charge in [0.15, 0.2) is 5.78 Å². The van der Waals surface area contributed by atoms with Crippen molar-refractivity contribution in [2.24, 2.45) is 22.7 Å². The second-order valence-electron chi connectivity index (χ2n) is 12.9. The van der Waals surface area contributed by atoms with E-state index < -0.39 is 11.7 Å². The number of benzene rings is 2. The number of ketones is 1. The van der Waals surface area contributed by atoms with Crippen LogP contribution >= 0.6 is 0 Å². The molecule has 0 N–H and O–H groups in total. The lowest BCUT2D eigenvalue weighted by Crippen LogP contribution is -2.17. The maximum absolute atomic E-state index is 14.1. The lowest BCUT2D eigenvalue weighted by Gasteiger charge is -2.27. The van der Waals surface area contributed by atoms with Crippen molar-refractivity contribution in [3.63, 3.8) is 0 Å². The molecule has 2 aliphatic heterocycles. The van der Waals surface area contributed by atoms with Crippen molar-refractivity contribution in [1.29, 1.82) is 0 Å². The summed E-state index contributed by atoms with van der Waals surface area (Å²) in [7, 11) is 0. The third kappa shape index (κ3) is 8.45. The van der Waals surface area contributed by atoms with Crippen molar-refractivity contribution in [1.82, 2.24) is 4.90 Å². The molecular formula is C39H43F3N2O. The van der Waals surface area contributed by atoms with Gasteiger partial charge in [-0.2, -0.15) is 13.2 Å². The number of hydrogen-bond donors (Lipinski definition) is 0. The molecule has 2 heterocycles. The molecule has 0 spiro atoms. The number of aryl methyl sites for hydroxylation is 2. The monoisotopic (exact) mass is 612 g/mol. The van der Waals surface area contributed by atoms with Crippen LogP contribution in [0.2, 0.25) is 0 Å². The number of allylic oxidation sites excluding steroid dienone is 4. The highest BCUT2D eigenvalue weighted by molar-refractivity contribution is 5.98. The first kappa shape index (κ1) is 32.5. The number of alkyl halides is 3. The summed E-state index contributed by atoms with van der Waals surface area (Å²) < 4.78 is 42.4. The second kappa shape index (κ2) is 14.5. The van der Waals surface area contributed by atoms with Gasteiger partial charge in [-0.1, -0.05) is 88.6 Å². The number of carbonyl (C=O) groups is 1. The predicted octanol–water partition coefficient (Wildman–Crippen LogP) is 10.00. The fraction of sp³-hybridized carbons (Fsp3) is 0.436. The third-order valence-electron chi connectivity index (χ3n) is 9.52. The van der Waals surface area contributed by atoms with E-state index in [4.69, 9.17) is 0 Å². The molecule has 0 saturated heterocycles. The standard InChI is InChI=1S/C39H43F3N2O/c1-4-29-10-12-30(13-11-29)6-5-7-32-16-14-31(23-37(32)39(40,41)42)24-38(45)34-15-9-28(3)33(25-34)17-19-35-22-27(2)8-18-36-26-43-20-21-44(35)36/h9,14-16,18,20-23,25-27,29-30H,4-8,10-13,24H2,1-3H3. The number of fused-ring (bicyclic) bond motifs is 1. The van der Waals surface area contributed by atoms with Crippen LogP contribution in [-0.2, 0) is 19.0 Å². The van der Waals surface area contributed by atoms with Gasteiger partial charge in [0.2, 0.25) is 0 Å². The molecule has 1 saturated carbocycles. The van der Waals surface area contributed by atoms with Crippen LogP contribution < -0.4 is 0 Å². The molecule has 2 aromatic carbocycles. The molecule has 0 amide bonds. The number of halogens is 3. The first-order valence-corrected chi connectivity index (χ1v) is 16.4. The Morgan fingerprint density at radius 2 is 1.82 bits per heavy atom. The topological polar surface area (TPSA) is 32.7 Å². The molecule has 236 valence electrons. The molecular weight excluding hydrogens is 569 g/mol. The Kier molecular flexibility index (Phi) is 10.5. The molecule has 3 nitrogen and oxygen atoms in total. The number of nitrogens with zero attached hydrogens (tertiary/aromatic N) is 2. The van der Waals surface area contributed by atoms with E-state index in [1.807, 2.05) is 30.3 Å². The van der Waals surface area contributed by atoms with Gasteiger partial charge in [-0.05, 0) is 84.8 Å². The van der Waals surface area contributed by atoms with Crippen molar-refractivity contribution in [2.75, 3.05) is 0 Å². The van der Waals surface area contributed by atoms with Crippen molar-refractivity contribution in [3.8, 4) is 11.8 Å². The van der Waals surface area contributed by atoms with Gasteiger partial charge >= 0.3 is 6.18 Å². The van der Waals surface area contributed by atoms with Gasteiger partial charge in [0, 0.05) is 29.9 Å². The molecule has 3 aliphatic rings. The normalized spacial score (nSPS) is 21.3. The van der Waals surface area contributed by atoms with E-state index in [-0.39, 0.29) is 12.2 Å². The minimum atomic E-state index is -4.46. The molecule has 1 aliphatic carbocycles. The molecule has 0 radical (unpaired) electrons. The quantitative estimate of drug-likeness (QED) is 0.220. The minimum absolute atomic E-state index is 0.102. The summed E-state index contributed by atoms with van der Waals surface area (Å²) >= 11 is 0. The van der Waals surface area contributed by atoms with Gasteiger partial charge < -0.3 is 4.90 Å². The van der Waals surface area contributed by atoms with Gasteiger partial charge in [0.05, 0.1) is 23.2 Å². The Labute approximate surface area is 266 Å². The largest absolute Gasteiger partial charge is 0.416 e. The summed E-state index contributed by atoms with van der Waals surface area (Å²) in [5.41, 5.74) is 3.97. The minimum Gasteiger partial charge on any atom is -0.307 e. The van der Waals surface area contributed by atoms with Crippen molar-refractivity contribution in [3.05, 3.63) is 106 Å². The zero-order chi connectivity index (χ0) is 32.0. The van der Waals surface area contributed by atoms with Crippen LogP contribution in [0.5, 0.6) is 0 Å². The zero-order valence-electron chi connectivity index (χ0n) is 26.6. The van der Waals surface area contributed by atoms with E-state index in [2.05, 4.69) is 42.8 Å². The highest BCUT2D eigenvalue weighted by Gasteiger charge is 2.33. The zero-order valence-corrected chi connectivity index (χ0v) is 26.6. The molecule has 0 aromatic heterocycles. The third-order valence-corrected chi connectivity index (χ3v) is 9.52. The van der Waals surface area contributed by atoms with Gasteiger partial charge in [-0.3, -0.25) is 9.79 Å². The first-order valence-electron chi connectivity index (χ1n) is 16.4. The number of aliphatic imine (C=N–C) groups is 1. The van der Waals surface area contributed by atoms with Crippen molar-refractivity contribution < 1.29 is 18.0 Å². The Morgan fingerprint density at radius 3 is 2.58 bits per heavy atom. The average molecular weight is 613 g/mol. The molecule has 1 atom stereocenters. The van der Waals surface area contributed by atoms with E-state index >= 15 is 0 Å². The highest BCUT2D eigenvalue weighted by Crippen LogP contribution is 2.36. The molecule has 1 fully saturated rings. The van der Waals surface area contributed by atoms with E-state index in [0.717, 1.165) is 42.1 Å². The molecule has 6 heteroatoms. The van der Waals surface area contributed by atoms with E-state index in [1.165, 1.54) is 38.2 Å². The molecule has 0 bridgehead atoms. The lowest BCUT2D eigenvalue weighted by atomic mass is 9.78. The fourth-order valence-corrected chi connectivity index (χ4v) is 6.64. The smallest absolute Gasteiger partial charge is 0.307 e. The summed E-state index contributed by atoms with van der Waals surface area (Å²) in [5.74, 6) is 8.04. The van der Waals surface area contributed by atoms with Crippen LogP contribution in [0.1, 0.15) is 103 Å². The van der Waals surface area contributed by atoms with Gasteiger partial charge in [-0.15, -0.1) is 0 Å². The Balaban J connectivity index is 1.27. The number of Topliss-reactive ketones (excluding diaryl/α,β-unsaturated/α-hetero) is 1. The van der Waals surface area contributed by atoms with E-state index in [1.54, 1.807) is 30.5 Å². The fourth-order valence-electron chi connectivity index (χ4n) is 6.64. The van der Waals surface area contributed by atoms with Crippen LogP contribution in [0.25, 0.3) is 0 Å². The summed E-state index contributed by atoms with van der Waals surface area (Å²) in [6, 6.07) is 9.77. The summed E-state index contributed by atoms with van der Waals surface area (Å²) in [4.78, 5) is 19.6. The Bertz CT molecular complexity index is 1580. The molecule has 45 heavy (non-hydrogen) atoms. The SMILES string of the molecule is CCC1CCC(CCCc2ccc(CC(=O)c3ccc(C)c(C#CC4=CC(C)CC=C5C=NC=CN45)c3)cc2C(F)(F)F)CC1. The number of hydrogen-bond acceptors (Lipinski definition) is 3. The van der Waals surface area contributed by atoms with Crippen LogP contribution in [0.3, 0.4) is 0 Å². The number of rotatable bonds is 8. The summed E-state index contributed by atoms with van der Waals surface area (Å²) in [6.45, 7) is 6.31. The van der Waals surface area contributed by atoms with Crippen LogP contribution in [0, 0.1) is 36.5 Å². The van der Waals surface area contributed by atoms with Gasteiger partial charge in [0.25, 0.3) is 0 Å². The molecule has 2 aromatic rings. The van der Waals surface area contributed by atoms with Crippen LogP contribution in [0.4, 0.5) is 13.2 Å². The van der Waals surface area contributed by atoms with E-state index in [0.29, 0.717) is 40.5 Å². The van der Waals surface area contributed by atoms with E-state index in [9.17, 15) is 18.0 Å². The van der Waals surface area contributed by atoms with Crippen LogP contribution in [-0.4, -0.2) is 16.9 Å². The second-order valence-corrected chi connectivity index (χ2v) is 12.9. The maximum Gasteiger partial charge on any atom is 0.416 e. The molecule has 1 unspecified atom stereocenters. The van der Waals surface area contributed by atoms with Crippen molar-refractivity contribution >= 4 is 12.0 Å². The van der Waals surface area contributed by atoms with Crippen molar-refractivity contribution in [2.45, 2.75) is 91.2 Å². The average Bonchev–Trinajstić information content (AvgIpc) is 3.19. The Hall–Kier alpha value is -3.85.